The lowest BCUT2D eigenvalue weighted by Crippen LogP contribution is -2.37. The van der Waals surface area contributed by atoms with Gasteiger partial charge in [0.2, 0.25) is 0 Å². The quantitative estimate of drug-likeness (QED) is 0.857. The van der Waals surface area contributed by atoms with E-state index in [9.17, 15) is 0 Å². The summed E-state index contributed by atoms with van der Waals surface area (Å²) >= 11 is 0. The van der Waals surface area contributed by atoms with E-state index < -0.39 is 0 Å². The van der Waals surface area contributed by atoms with Gasteiger partial charge in [0.05, 0.1) is 6.61 Å². The first kappa shape index (κ1) is 12.3. The van der Waals surface area contributed by atoms with E-state index in [-0.39, 0.29) is 0 Å². The highest BCUT2D eigenvalue weighted by Crippen LogP contribution is 2.25. The number of aromatic nitrogens is 1. The van der Waals surface area contributed by atoms with Crippen molar-refractivity contribution in [3.05, 3.63) is 24.0 Å². The van der Waals surface area contributed by atoms with Gasteiger partial charge in [-0.15, -0.1) is 0 Å². The molecule has 1 aliphatic heterocycles. The van der Waals surface area contributed by atoms with E-state index in [4.69, 9.17) is 10.5 Å². The van der Waals surface area contributed by atoms with Gasteiger partial charge in [0, 0.05) is 50.4 Å². The highest BCUT2D eigenvalue weighted by atomic mass is 16.5. The fourth-order valence-electron chi connectivity index (χ4n) is 2.54. The highest BCUT2D eigenvalue weighted by Gasteiger charge is 2.21. The van der Waals surface area contributed by atoms with Crippen molar-refractivity contribution in [2.24, 2.45) is 11.7 Å². The van der Waals surface area contributed by atoms with E-state index in [0.717, 1.165) is 25.3 Å². The number of anilines is 1. The normalized spacial score (nSPS) is 20.6. The fraction of sp³-hybridized carbons (Fsp3) is 0.615. The van der Waals surface area contributed by atoms with Crippen LogP contribution in [0.5, 0.6) is 0 Å². The second kappa shape index (κ2) is 5.98. The summed E-state index contributed by atoms with van der Waals surface area (Å²) in [5.74, 6) is 0.632. The van der Waals surface area contributed by atoms with Crippen molar-refractivity contribution in [2.75, 3.05) is 31.7 Å². The molecule has 1 fully saturated rings. The summed E-state index contributed by atoms with van der Waals surface area (Å²) in [5.41, 5.74) is 8.13. The van der Waals surface area contributed by atoms with Crippen LogP contribution in [0.2, 0.25) is 0 Å². The summed E-state index contributed by atoms with van der Waals surface area (Å²) in [4.78, 5) is 6.55. The number of nitrogens with two attached hydrogens (primary N) is 1. The van der Waals surface area contributed by atoms with Crippen LogP contribution in [0, 0.1) is 5.92 Å². The average Bonchev–Trinajstić information content (AvgIpc) is 2.39. The van der Waals surface area contributed by atoms with Crippen molar-refractivity contribution >= 4 is 5.69 Å². The molecular formula is C13H21N3O. The smallest absolute Gasteiger partial charge is 0.0507 e. The monoisotopic (exact) mass is 235 g/mol. The van der Waals surface area contributed by atoms with Crippen molar-refractivity contribution in [3.63, 3.8) is 0 Å². The van der Waals surface area contributed by atoms with Crippen LogP contribution in [0.15, 0.2) is 18.5 Å². The third kappa shape index (κ3) is 2.96. The first-order valence-corrected chi connectivity index (χ1v) is 6.22. The molecule has 4 heteroatoms. The molecule has 0 saturated carbocycles. The number of hydrogen-bond acceptors (Lipinski definition) is 4. The average molecular weight is 235 g/mol. The summed E-state index contributed by atoms with van der Waals surface area (Å²) in [6.07, 6.45) is 6.19. The van der Waals surface area contributed by atoms with Gasteiger partial charge in [-0.05, 0) is 24.8 Å². The summed E-state index contributed by atoms with van der Waals surface area (Å²) in [5, 5.41) is 0. The first-order chi connectivity index (χ1) is 8.35. The topological polar surface area (TPSA) is 51.4 Å². The Morgan fingerprint density at radius 1 is 1.59 bits per heavy atom. The van der Waals surface area contributed by atoms with Gasteiger partial charge in [-0.25, -0.2) is 0 Å². The molecular weight excluding hydrogens is 214 g/mol. The Balaban J connectivity index is 2.10. The summed E-state index contributed by atoms with van der Waals surface area (Å²) in [6.45, 7) is 3.57. The Morgan fingerprint density at radius 3 is 3.24 bits per heavy atom. The first-order valence-electron chi connectivity index (χ1n) is 6.22. The van der Waals surface area contributed by atoms with E-state index in [1.807, 2.05) is 12.4 Å². The zero-order chi connectivity index (χ0) is 12.1. The van der Waals surface area contributed by atoms with Gasteiger partial charge in [-0.3, -0.25) is 4.98 Å². The van der Waals surface area contributed by atoms with Crippen molar-refractivity contribution in [1.29, 1.82) is 0 Å². The van der Waals surface area contributed by atoms with Gasteiger partial charge in [-0.1, -0.05) is 0 Å². The minimum absolute atomic E-state index is 0.550. The summed E-state index contributed by atoms with van der Waals surface area (Å²) in [6, 6.07) is 2.07. The molecule has 4 nitrogen and oxygen atoms in total. The molecule has 0 aliphatic carbocycles. The van der Waals surface area contributed by atoms with Crippen LogP contribution >= 0.6 is 0 Å². The summed E-state index contributed by atoms with van der Waals surface area (Å²) < 4.78 is 5.26. The second-order valence-electron chi connectivity index (χ2n) is 4.62. The zero-order valence-electron chi connectivity index (χ0n) is 10.4. The number of ether oxygens (including phenoxy) is 1. The molecule has 17 heavy (non-hydrogen) atoms. The Labute approximate surface area is 103 Å². The van der Waals surface area contributed by atoms with Crippen LogP contribution in [-0.4, -0.2) is 31.8 Å². The lowest BCUT2D eigenvalue weighted by Gasteiger charge is -2.35. The number of nitrogens with zero attached hydrogens (tertiary/aromatic N) is 2. The molecule has 1 saturated heterocycles. The van der Waals surface area contributed by atoms with Gasteiger partial charge >= 0.3 is 0 Å². The van der Waals surface area contributed by atoms with Gasteiger partial charge < -0.3 is 15.4 Å². The molecule has 0 spiro atoms. The van der Waals surface area contributed by atoms with Crippen LogP contribution < -0.4 is 10.6 Å². The van der Waals surface area contributed by atoms with Crippen molar-refractivity contribution in [2.45, 2.75) is 19.4 Å². The fourth-order valence-corrected chi connectivity index (χ4v) is 2.54. The van der Waals surface area contributed by atoms with E-state index in [0.29, 0.717) is 12.5 Å². The number of pyridine rings is 1. The predicted molar refractivity (Wildman–Crippen MR) is 68.9 cm³/mol. The molecule has 1 unspecified atom stereocenters. The molecule has 1 aromatic heterocycles. The predicted octanol–water partition coefficient (Wildman–Crippen LogP) is 1.40. The van der Waals surface area contributed by atoms with Gasteiger partial charge in [0.1, 0.15) is 0 Å². The lowest BCUT2D eigenvalue weighted by molar-refractivity contribution is 0.143. The Hall–Kier alpha value is -1.13. The third-order valence-corrected chi connectivity index (χ3v) is 3.36. The lowest BCUT2D eigenvalue weighted by atomic mass is 9.98. The van der Waals surface area contributed by atoms with E-state index in [2.05, 4.69) is 16.0 Å². The van der Waals surface area contributed by atoms with E-state index >= 15 is 0 Å². The van der Waals surface area contributed by atoms with Gasteiger partial charge in [0.25, 0.3) is 0 Å². The van der Waals surface area contributed by atoms with E-state index in [1.54, 1.807) is 7.11 Å². The molecule has 2 rings (SSSR count). The molecule has 0 radical (unpaired) electrons. The van der Waals surface area contributed by atoms with Crippen LogP contribution in [0.25, 0.3) is 0 Å². The highest BCUT2D eigenvalue weighted by molar-refractivity contribution is 5.52. The number of rotatable bonds is 4. The number of piperidine rings is 1. The van der Waals surface area contributed by atoms with Crippen LogP contribution in [0.3, 0.4) is 0 Å². The SMILES string of the molecule is COCC1CCCN(c2ccncc2CN)C1. The minimum Gasteiger partial charge on any atom is -0.384 e. The largest absolute Gasteiger partial charge is 0.384 e. The molecule has 2 heterocycles. The van der Waals surface area contributed by atoms with E-state index in [1.165, 1.54) is 18.5 Å². The zero-order valence-corrected chi connectivity index (χ0v) is 10.4. The van der Waals surface area contributed by atoms with Gasteiger partial charge in [0.15, 0.2) is 0 Å². The minimum atomic E-state index is 0.550. The molecule has 2 N–H and O–H groups in total. The molecule has 94 valence electrons. The van der Waals surface area contributed by atoms with Gasteiger partial charge in [-0.2, -0.15) is 0 Å². The number of methoxy groups -OCH3 is 1. The molecule has 1 atom stereocenters. The molecule has 0 bridgehead atoms. The second-order valence-corrected chi connectivity index (χ2v) is 4.62. The van der Waals surface area contributed by atoms with Crippen molar-refractivity contribution < 1.29 is 4.74 Å². The Morgan fingerprint density at radius 2 is 2.47 bits per heavy atom. The summed E-state index contributed by atoms with van der Waals surface area (Å²) in [7, 11) is 1.77. The molecule has 0 amide bonds. The third-order valence-electron chi connectivity index (χ3n) is 3.36. The maximum absolute atomic E-state index is 5.76. The molecule has 1 aliphatic rings. The standard InChI is InChI=1S/C13H21N3O/c1-17-10-11-3-2-6-16(9-11)13-4-5-15-8-12(13)7-14/h4-5,8,11H,2-3,6-7,9-10,14H2,1H3. The van der Waals surface area contributed by atoms with Crippen LogP contribution in [0.1, 0.15) is 18.4 Å². The molecule has 0 aromatic carbocycles. The number of hydrogen-bond donors (Lipinski definition) is 1. The Bertz CT molecular complexity index is 354. The van der Waals surface area contributed by atoms with Crippen LogP contribution in [-0.2, 0) is 11.3 Å². The Kier molecular flexibility index (Phi) is 4.34. The maximum atomic E-state index is 5.76. The maximum Gasteiger partial charge on any atom is 0.0507 e. The molecule has 1 aromatic rings. The van der Waals surface area contributed by atoms with Crippen molar-refractivity contribution in [3.8, 4) is 0 Å². The van der Waals surface area contributed by atoms with Crippen molar-refractivity contribution in [1.82, 2.24) is 4.98 Å². The van der Waals surface area contributed by atoms with Crippen LogP contribution in [0.4, 0.5) is 5.69 Å².